The summed E-state index contributed by atoms with van der Waals surface area (Å²) >= 11 is 1.50. The van der Waals surface area contributed by atoms with Gasteiger partial charge in [0.15, 0.2) is 0 Å². The van der Waals surface area contributed by atoms with Crippen LogP contribution in [0.2, 0.25) is 0 Å². The monoisotopic (exact) mass is 497 g/mol. The number of anilines is 2. The van der Waals surface area contributed by atoms with E-state index in [0.29, 0.717) is 6.04 Å². The van der Waals surface area contributed by atoms with Crippen LogP contribution in [0.4, 0.5) is 11.8 Å². The van der Waals surface area contributed by atoms with Gasteiger partial charge in [0.1, 0.15) is 17.3 Å². The third-order valence-electron chi connectivity index (χ3n) is 5.89. The zero-order chi connectivity index (χ0) is 25.0. The second-order valence-corrected chi connectivity index (χ2v) is 9.97. The SMILES string of the molecule is CC(C)Nc1nc(NCC2CCCCC2)nc2ccccc12.CNSc1cc(OC)ccc1OC. The Labute approximate surface area is 213 Å². The molecular formula is C27H39N5O2S. The van der Waals surface area contributed by atoms with Crippen molar-refractivity contribution in [1.82, 2.24) is 14.7 Å². The minimum Gasteiger partial charge on any atom is -0.497 e. The van der Waals surface area contributed by atoms with Gasteiger partial charge in [-0.25, -0.2) is 4.98 Å². The molecule has 4 rings (SSSR count). The number of aromatic nitrogens is 2. The van der Waals surface area contributed by atoms with E-state index in [1.165, 1.54) is 44.1 Å². The number of methoxy groups -OCH3 is 2. The summed E-state index contributed by atoms with van der Waals surface area (Å²) in [5.74, 6) is 4.11. The fourth-order valence-electron chi connectivity index (χ4n) is 4.14. The van der Waals surface area contributed by atoms with Crippen LogP contribution in [-0.2, 0) is 0 Å². The van der Waals surface area contributed by atoms with E-state index in [1.54, 1.807) is 14.2 Å². The molecule has 0 atom stereocenters. The summed E-state index contributed by atoms with van der Waals surface area (Å²) in [7, 11) is 5.17. The van der Waals surface area contributed by atoms with E-state index in [9.17, 15) is 0 Å². The topological polar surface area (TPSA) is 80.3 Å². The van der Waals surface area contributed by atoms with Crippen molar-refractivity contribution in [3.05, 3.63) is 42.5 Å². The Morgan fingerprint density at radius 2 is 1.77 bits per heavy atom. The van der Waals surface area contributed by atoms with E-state index < -0.39 is 0 Å². The molecule has 0 radical (unpaired) electrons. The molecular weight excluding hydrogens is 458 g/mol. The number of ether oxygens (including phenoxy) is 2. The molecule has 190 valence electrons. The van der Waals surface area contributed by atoms with Gasteiger partial charge in [0, 0.05) is 18.0 Å². The lowest BCUT2D eigenvalue weighted by Gasteiger charge is -2.22. The summed E-state index contributed by atoms with van der Waals surface area (Å²) in [6.07, 6.45) is 6.79. The highest BCUT2D eigenvalue weighted by Crippen LogP contribution is 2.30. The van der Waals surface area contributed by atoms with Crippen molar-refractivity contribution in [2.24, 2.45) is 5.92 Å². The fourth-order valence-corrected chi connectivity index (χ4v) is 4.79. The van der Waals surface area contributed by atoms with Crippen LogP contribution in [-0.4, -0.2) is 43.8 Å². The number of para-hydroxylation sites is 1. The van der Waals surface area contributed by atoms with Crippen LogP contribution in [0, 0.1) is 5.92 Å². The van der Waals surface area contributed by atoms with Gasteiger partial charge in [0.05, 0.1) is 24.6 Å². The first-order valence-corrected chi connectivity index (χ1v) is 13.2. The van der Waals surface area contributed by atoms with E-state index in [4.69, 9.17) is 14.5 Å². The van der Waals surface area contributed by atoms with Crippen molar-refractivity contribution in [3.8, 4) is 11.5 Å². The Morgan fingerprint density at radius 1 is 1.00 bits per heavy atom. The molecule has 1 heterocycles. The molecule has 0 amide bonds. The number of rotatable bonds is 9. The van der Waals surface area contributed by atoms with Gasteiger partial charge < -0.3 is 20.1 Å². The van der Waals surface area contributed by atoms with Gasteiger partial charge in [-0.2, -0.15) is 4.98 Å². The number of nitrogens with zero attached hydrogens (tertiary/aromatic N) is 2. The van der Waals surface area contributed by atoms with Crippen molar-refractivity contribution in [2.75, 3.05) is 38.4 Å². The predicted octanol–water partition coefficient (Wildman–Crippen LogP) is 6.37. The van der Waals surface area contributed by atoms with Crippen molar-refractivity contribution >= 4 is 34.6 Å². The minimum absolute atomic E-state index is 0.351. The molecule has 3 aromatic rings. The van der Waals surface area contributed by atoms with Gasteiger partial charge in [-0.15, -0.1) is 0 Å². The summed E-state index contributed by atoms with van der Waals surface area (Å²) in [4.78, 5) is 10.4. The highest BCUT2D eigenvalue weighted by Gasteiger charge is 2.14. The van der Waals surface area contributed by atoms with Gasteiger partial charge in [0.2, 0.25) is 5.95 Å². The van der Waals surface area contributed by atoms with Gasteiger partial charge in [-0.3, -0.25) is 4.72 Å². The van der Waals surface area contributed by atoms with E-state index in [-0.39, 0.29) is 0 Å². The highest BCUT2D eigenvalue weighted by molar-refractivity contribution is 7.97. The molecule has 0 bridgehead atoms. The maximum Gasteiger partial charge on any atom is 0.225 e. The second kappa shape index (κ2) is 14.0. The predicted molar refractivity (Wildman–Crippen MR) is 148 cm³/mol. The molecule has 1 saturated carbocycles. The normalized spacial score (nSPS) is 13.8. The summed E-state index contributed by atoms with van der Waals surface area (Å²) < 4.78 is 13.3. The minimum atomic E-state index is 0.351. The molecule has 0 spiro atoms. The Kier molecular flexibility index (Phi) is 10.8. The summed E-state index contributed by atoms with van der Waals surface area (Å²) in [5, 5.41) is 7.98. The third-order valence-corrected chi connectivity index (χ3v) is 6.63. The Morgan fingerprint density at radius 3 is 2.46 bits per heavy atom. The number of nitrogens with one attached hydrogen (secondary N) is 3. The second-order valence-electron chi connectivity index (χ2n) is 8.92. The van der Waals surface area contributed by atoms with Crippen LogP contribution < -0.4 is 24.8 Å². The fraction of sp³-hybridized carbons (Fsp3) is 0.481. The zero-order valence-electron chi connectivity index (χ0n) is 21.6. The summed E-state index contributed by atoms with van der Waals surface area (Å²) in [6.45, 7) is 5.25. The first-order valence-electron chi connectivity index (χ1n) is 12.4. The van der Waals surface area contributed by atoms with Crippen LogP contribution in [0.1, 0.15) is 46.0 Å². The average Bonchev–Trinajstić information content (AvgIpc) is 2.88. The first-order chi connectivity index (χ1) is 17.0. The molecule has 1 aliphatic carbocycles. The molecule has 0 saturated heterocycles. The van der Waals surface area contributed by atoms with Crippen LogP contribution >= 0.6 is 11.9 Å². The molecule has 3 N–H and O–H groups in total. The molecule has 8 heteroatoms. The molecule has 1 aromatic heterocycles. The smallest absolute Gasteiger partial charge is 0.225 e. The van der Waals surface area contributed by atoms with E-state index >= 15 is 0 Å². The van der Waals surface area contributed by atoms with Crippen LogP contribution in [0.5, 0.6) is 11.5 Å². The molecule has 1 aliphatic rings. The van der Waals surface area contributed by atoms with Crippen molar-refractivity contribution in [3.63, 3.8) is 0 Å². The van der Waals surface area contributed by atoms with Gasteiger partial charge in [-0.1, -0.05) is 31.4 Å². The maximum atomic E-state index is 5.18. The number of hydrogen-bond acceptors (Lipinski definition) is 8. The lowest BCUT2D eigenvalue weighted by Crippen LogP contribution is -2.19. The number of fused-ring (bicyclic) bond motifs is 1. The summed E-state index contributed by atoms with van der Waals surface area (Å²) in [5.41, 5.74) is 0.992. The van der Waals surface area contributed by atoms with Gasteiger partial charge in [-0.05, 0) is 81.9 Å². The Balaban J connectivity index is 0.000000225. The standard InChI is InChI=1S/C18H26N4.C9H13NO2S/c1-13(2)20-17-15-10-6-7-11-16(15)21-18(22-17)19-12-14-8-4-3-5-9-14;1-10-13-9-6-7(11-2)4-5-8(9)12-3/h6-7,10-11,13-14H,3-5,8-9,12H2,1-2H3,(H2,19,20,21,22);4-6,10H,1-3H3. The summed E-state index contributed by atoms with van der Waals surface area (Å²) in [6, 6.07) is 14.2. The van der Waals surface area contributed by atoms with Crippen LogP contribution in [0.15, 0.2) is 47.4 Å². The lowest BCUT2D eigenvalue weighted by atomic mass is 9.89. The van der Waals surface area contributed by atoms with E-state index in [1.807, 2.05) is 43.4 Å². The molecule has 7 nitrogen and oxygen atoms in total. The van der Waals surface area contributed by atoms with Gasteiger partial charge >= 0.3 is 0 Å². The van der Waals surface area contributed by atoms with E-state index in [0.717, 1.165) is 51.5 Å². The zero-order valence-corrected chi connectivity index (χ0v) is 22.4. The maximum absolute atomic E-state index is 5.18. The van der Waals surface area contributed by atoms with E-state index in [2.05, 4.69) is 40.3 Å². The lowest BCUT2D eigenvalue weighted by molar-refractivity contribution is 0.373. The van der Waals surface area contributed by atoms with Crippen molar-refractivity contribution in [1.29, 1.82) is 0 Å². The number of hydrogen-bond donors (Lipinski definition) is 3. The molecule has 35 heavy (non-hydrogen) atoms. The molecule has 2 aromatic carbocycles. The average molecular weight is 498 g/mol. The molecule has 1 fully saturated rings. The van der Waals surface area contributed by atoms with Crippen LogP contribution in [0.25, 0.3) is 10.9 Å². The largest absolute Gasteiger partial charge is 0.497 e. The van der Waals surface area contributed by atoms with Gasteiger partial charge in [0.25, 0.3) is 0 Å². The first kappa shape index (κ1) is 26.9. The molecule has 0 unspecified atom stereocenters. The van der Waals surface area contributed by atoms with Crippen molar-refractivity contribution in [2.45, 2.75) is 56.9 Å². The third kappa shape index (κ3) is 8.18. The van der Waals surface area contributed by atoms with Crippen molar-refractivity contribution < 1.29 is 9.47 Å². The van der Waals surface area contributed by atoms with Crippen LogP contribution in [0.3, 0.4) is 0 Å². The quantitative estimate of drug-likeness (QED) is 0.294. The Hall–Kier alpha value is -2.71. The number of benzene rings is 2. The Bertz CT molecular complexity index is 1060. The molecule has 0 aliphatic heterocycles. The highest BCUT2D eigenvalue weighted by atomic mass is 32.2.